The normalized spacial score (nSPS) is 15.2. The van der Waals surface area contributed by atoms with Crippen LogP contribution in [0.25, 0.3) is 0 Å². The van der Waals surface area contributed by atoms with E-state index in [1.54, 1.807) is 0 Å². The highest BCUT2D eigenvalue weighted by Crippen LogP contribution is 2.37. The van der Waals surface area contributed by atoms with Crippen molar-refractivity contribution in [3.8, 4) is 0 Å². The molecule has 0 heterocycles. The number of hydrogen-bond donors (Lipinski definition) is 3. The molecule has 4 nitrogen and oxygen atoms in total. The van der Waals surface area contributed by atoms with Crippen LogP contribution in [0.4, 0.5) is 26.3 Å². The summed E-state index contributed by atoms with van der Waals surface area (Å²) in [5.74, 6) is -0.587. The zero-order valence-electron chi connectivity index (χ0n) is 11.7. The van der Waals surface area contributed by atoms with Gasteiger partial charge in [-0.25, -0.2) is 0 Å². The maximum absolute atomic E-state index is 12.7. The fourth-order valence-corrected chi connectivity index (χ4v) is 1.73. The molecule has 0 bridgehead atoms. The molecule has 130 valence electrons. The maximum atomic E-state index is 12.7. The Balaban J connectivity index is 3.21. The van der Waals surface area contributed by atoms with Gasteiger partial charge in [-0.1, -0.05) is 0 Å². The number of aliphatic hydroxyl groups is 2. The van der Waals surface area contributed by atoms with Crippen LogP contribution in [-0.2, 0) is 17.1 Å². The van der Waals surface area contributed by atoms with Crippen molar-refractivity contribution in [2.24, 2.45) is 0 Å². The third kappa shape index (κ3) is 5.39. The zero-order valence-corrected chi connectivity index (χ0v) is 11.7. The number of alkyl halides is 6. The number of carbonyl (C=O) groups excluding carboxylic acids is 1. The summed E-state index contributed by atoms with van der Waals surface area (Å²) in [6, 6.07) is 0.546. The molecule has 0 aliphatic carbocycles. The highest BCUT2D eigenvalue weighted by atomic mass is 19.4. The first kappa shape index (κ1) is 19.2. The van der Waals surface area contributed by atoms with Crippen LogP contribution >= 0.6 is 0 Å². The second kappa shape index (κ2) is 6.75. The minimum atomic E-state index is -5.06. The van der Waals surface area contributed by atoms with Gasteiger partial charge in [-0.15, -0.1) is 0 Å². The van der Waals surface area contributed by atoms with Gasteiger partial charge in [0.1, 0.15) is 12.2 Å². The van der Waals surface area contributed by atoms with Crippen molar-refractivity contribution in [2.75, 3.05) is 6.54 Å². The third-order valence-electron chi connectivity index (χ3n) is 2.88. The van der Waals surface area contributed by atoms with E-state index in [0.717, 1.165) is 6.92 Å². The monoisotopic (exact) mass is 345 g/mol. The molecule has 1 aromatic rings. The highest BCUT2D eigenvalue weighted by Gasteiger charge is 2.38. The van der Waals surface area contributed by atoms with Gasteiger partial charge < -0.3 is 15.5 Å². The Morgan fingerprint density at radius 3 is 1.83 bits per heavy atom. The molecule has 0 radical (unpaired) electrons. The number of halogens is 6. The quantitative estimate of drug-likeness (QED) is 0.733. The molecule has 0 saturated heterocycles. The van der Waals surface area contributed by atoms with Crippen molar-refractivity contribution in [3.05, 3.63) is 34.9 Å². The minimum absolute atomic E-state index is 0.0869. The van der Waals surface area contributed by atoms with E-state index in [9.17, 15) is 41.4 Å². The van der Waals surface area contributed by atoms with E-state index in [2.05, 4.69) is 5.32 Å². The van der Waals surface area contributed by atoms with E-state index < -0.39 is 53.7 Å². The van der Waals surface area contributed by atoms with Crippen LogP contribution in [0.15, 0.2) is 18.2 Å². The molecule has 23 heavy (non-hydrogen) atoms. The molecule has 2 unspecified atom stereocenters. The number of hydrogen-bond acceptors (Lipinski definition) is 3. The van der Waals surface area contributed by atoms with Crippen molar-refractivity contribution in [1.82, 2.24) is 5.32 Å². The molecule has 1 aromatic carbocycles. The summed E-state index contributed by atoms with van der Waals surface area (Å²) in [4.78, 5) is 10.7. The predicted octanol–water partition coefficient (Wildman–Crippen LogP) is 2.25. The van der Waals surface area contributed by atoms with Crippen LogP contribution in [0.2, 0.25) is 0 Å². The molecule has 0 saturated carbocycles. The van der Waals surface area contributed by atoms with Gasteiger partial charge >= 0.3 is 12.4 Å². The molecule has 1 rings (SSSR count). The lowest BCUT2D eigenvalue weighted by atomic mass is 9.98. The molecule has 1 amide bonds. The maximum Gasteiger partial charge on any atom is 0.416 e. The topological polar surface area (TPSA) is 69.6 Å². The molecule has 0 aliphatic heterocycles. The number of nitrogens with one attached hydrogen (secondary N) is 1. The third-order valence-corrected chi connectivity index (χ3v) is 2.88. The van der Waals surface area contributed by atoms with E-state index in [1.165, 1.54) is 0 Å². The van der Waals surface area contributed by atoms with E-state index >= 15 is 0 Å². The number of aliphatic hydroxyl groups excluding tert-OH is 2. The first-order chi connectivity index (χ1) is 10.3. The van der Waals surface area contributed by atoms with Crippen molar-refractivity contribution in [3.63, 3.8) is 0 Å². The standard InChI is InChI=1S/C13H13F6NO3/c1-6(21)20-5-10(22)11(23)7-2-8(12(14,15)16)4-9(3-7)13(17,18)19/h2-4,10-11,22-23H,5H2,1H3,(H,20,21). The molecular formula is C13H13F6NO3. The molecule has 2 atom stereocenters. The Hall–Kier alpha value is -1.81. The Bertz CT molecular complexity index is 538. The van der Waals surface area contributed by atoms with Gasteiger partial charge in [0, 0.05) is 13.5 Å². The summed E-state index contributed by atoms with van der Waals surface area (Å²) >= 11 is 0. The predicted molar refractivity (Wildman–Crippen MR) is 66.1 cm³/mol. The summed E-state index contributed by atoms with van der Waals surface area (Å²) in [6.45, 7) is 0.555. The molecule has 10 heteroatoms. The minimum Gasteiger partial charge on any atom is -0.388 e. The lowest BCUT2D eigenvalue weighted by Gasteiger charge is -2.21. The van der Waals surface area contributed by atoms with Gasteiger partial charge in [0.15, 0.2) is 0 Å². The van der Waals surface area contributed by atoms with Gasteiger partial charge in [-0.05, 0) is 23.8 Å². The smallest absolute Gasteiger partial charge is 0.388 e. The summed E-state index contributed by atoms with van der Waals surface area (Å²) in [6.07, 6.45) is -13.9. The molecular weight excluding hydrogens is 332 g/mol. The number of carbonyl (C=O) groups is 1. The van der Waals surface area contributed by atoms with Crippen molar-refractivity contribution in [1.29, 1.82) is 0 Å². The van der Waals surface area contributed by atoms with Crippen LogP contribution in [0.1, 0.15) is 29.7 Å². The lowest BCUT2D eigenvalue weighted by Crippen LogP contribution is -2.34. The molecule has 0 aliphatic rings. The van der Waals surface area contributed by atoms with Gasteiger partial charge in [0.25, 0.3) is 0 Å². The molecule has 3 N–H and O–H groups in total. The van der Waals surface area contributed by atoms with Gasteiger partial charge in [0.2, 0.25) is 5.91 Å². The van der Waals surface area contributed by atoms with Crippen molar-refractivity contribution >= 4 is 5.91 Å². The van der Waals surface area contributed by atoms with Gasteiger partial charge in [-0.3, -0.25) is 4.79 Å². The van der Waals surface area contributed by atoms with Crippen LogP contribution in [0, 0.1) is 0 Å². The fourth-order valence-electron chi connectivity index (χ4n) is 1.73. The summed E-state index contributed by atoms with van der Waals surface area (Å²) in [7, 11) is 0. The Labute approximate surface area is 126 Å². The molecule has 0 aromatic heterocycles. The number of benzene rings is 1. The SMILES string of the molecule is CC(=O)NCC(O)C(O)c1cc(C(F)(F)F)cc(C(F)(F)F)c1. The van der Waals surface area contributed by atoms with Crippen LogP contribution in [-0.4, -0.2) is 28.8 Å². The van der Waals surface area contributed by atoms with E-state index in [1.807, 2.05) is 0 Å². The largest absolute Gasteiger partial charge is 0.416 e. The van der Waals surface area contributed by atoms with E-state index in [4.69, 9.17) is 0 Å². The second-order valence-electron chi connectivity index (χ2n) is 4.79. The van der Waals surface area contributed by atoms with Gasteiger partial charge in [0.05, 0.1) is 11.1 Å². The van der Waals surface area contributed by atoms with Crippen LogP contribution in [0.5, 0.6) is 0 Å². The van der Waals surface area contributed by atoms with E-state index in [0.29, 0.717) is 12.1 Å². The number of rotatable bonds is 4. The van der Waals surface area contributed by atoms with Gasteiger partial charge in [-0.2, -0.15) is 26.3 Å². The number of amides is 1. The van der Waals surface area contributed by atoms with E-state index in [-0.39, 0.29) is 6.07 Å². The van der Waals surface area contributed by atoms with Crippen LogP contribution in [0.3, 0.4) is 0 Å². The highest BCUT2D eigenvalue weighted by molar-refractivity contribution is 5.72. The second-order valence-corrected chi connectivity index (χ2v) is 4.79. The van der Waals surface area contributed by atoms with Crippen molar-refractivity contribution < 1.29 is 41.4 Å². The lowest BCUT2D eigenvalue weighted by molar-refractivity contribution is -0.143. The fraction of sp³-hybridized carbons (Fsp3) is 0.462. The molecule has 0 spiro atoms. The first-order valence-corrected chi connectivity index (χ1v) is 6.22. The Morgan fingerprint density at radius 1 is 1.04 bits per heavy atom. The summed E-state index contributed by atoms with van der Waals surface area (Å²) < 4.78 is 76.1. The average Bonchev–Trinajstić information content (AvgIpc) is 2.41. The van der Waals surface area contributed by atoms with Crippen LogP contribution < -0.4 is 5.32 Å². The Morgan fingerprint density at radius 2 is 1.48 bits per heavy atom. The molecule has 0 fully saturated rings. The summed E-state index contributed by atoms with van der Waals surface area (Å²) in [5, 5.41) is 21.4. The average molecular weight is 345 g/mol. The Kier molecular flexibility index (Phi) is 5.65. The summed E-state index contributed by atoms with van der Waals surface area (Å²) in [5.41, 5.74) is -3.97. The van der Waals surface area contributed by atoms with Crippen molar-refractivity contribution in [2.45, 2.75) is 31.5 Å². The first-order valence-electron chi connectivity index (χ1n) is 6.22. The zero-order chi connectivity index (χ0) is 18.0.